The number of nitrogens with one attached hydrogen (secondary N) is 1. The summed E-state index contributed by atoms with van der Waals surface area (Å²) in [7, 11) is 0. The molecule has 1 fully saturated rings. The van der Waals surface area contributed by atoms with Crippen molar-refractivity contribution in [3.8, 4) is 0 Å². The minimum Gasteiger partial charge on any atom is -0.397 e. The highest BCUT2D eigenvalue weighted by Gasteiger charge is 2.30. The highest BCUT2D eigenvalue weighted by atomic mass is 16.5. The molecule has 1 aromatic rings. The van der Waals surface area contributed by atoms with Crippen molar-refractivity contribution in [2.75, 3.05) is 12.3 Å². The van der Waals surface area contributed by atoms with Crippen LogP contribution in [-0.2, 0) is 4.74 Å². The van der Waals surface area contributed by atoms with E-state index in [0.717, 1.165) is 19.4 Å². The highest BCUT2D eigenvalue weighted by Crippen LogP contribution is 2.23. The van der Waals surface area contributed by atoms with Crippen molar-refractivity contribution in [1.82, 2.24) is 10.3 Å². The molecule has 17 heavy (non-hydrogen) atoms. The van der Waals surface area contributed by atoms with E-state index in [0.29, 0.717) is 17.5 Å². The van der Waals surface area contributed by atoms with Gasteiger partial charge in [-0.25, -0.2) is 4.98 Å². The van der Waals surface area contributed by atoms with Crippen LogP contribution in [0, 0.1) is 0 Å². The summed E-state index contributed by atoms with van der Waals surface area (Å²) in [5, 5.41) is 2.92. The number of aromatic nitrogens is 1. The summed E-state index contributed by atoms with van der Waals surface area (Å²) in [5.41, 5.74) is 6.47. The molecule has 1 amide bonds. The molecule has 1 aliphatic rings. The smallest absolute Gasteiger partial charge is 0.270 e. The molecule has 1 saturated carbocycles. The third-order valence-corrected chi connectivity index (χ3v) is 2.85. The Kier molecular flexibility index (Phi) is 3.58. The number of hydrogen-bond acceptors (Lipinski definition) is 4. The molecule has 5 heteroatoms. The Morgan fingerprint density at radius 3 is 2.94 bits per heavy atom. The largest absolute Gasteiger partial charge is 0.397 e. The van der Waals surface area contributed by atoms with Gasteiger partial charge in [-0.15, -0.1) is 0 Å². The first-order valence-electron chi connectivity index (χ1n) is 5.83. The van der Waals surface area contributed by atoms with Crippen LogP contribution in [0.2, 0.25) is 0 Å². The van der Waals surface area contributed by atoms with Gasteiger partial charge in [0.15, 0.2) is 0 Å². The molecule has 1 aliphatic carbocycles. The highest BCUT2D eigenvalue weighted by molar-refractivity contribution is 5.92. The van der Waals surface area contributed by atoms with Crippen LogP contribution in [0.1, 0.15) is 30.3 Å². The Hall–Kier alpha value is -1.62. The van der Waals surface area contributed by atoms with Gasteiger partial charge in [0.05, 0.1) is 18.0 Å². The van der Waals surface area contributed by atoms with Crippen LogP contribution in [-0.4, -0.2) is 29.6 Å². The van der Waals surface area contributed by atoms with Crippen molar-refractivity contribution in [1.29, 1.82) is 0 Å². The van der Waals surface area contributed by atoms with Gasteiger partial charge in [-0.3, -0.25) is 4.79 Å². The monoisotopic (exact) mass is 235 g/mol. The molecule has 0 aromatic carbocycles. The first-order chi connectivity index (χ1) is 8.19. The number of nitrogen functional groups attached to an aromatic ring is 1. The lowest BCUT2D eigenvalue weighted by Gasteiger charge is -2.35. The summed E-state index contributed by atoms with van der Waals surface area (Å²) in [5.74, 6) is -0.148. The van der Waals surface area contributed by atoms with E-state index < -0.39 is 0 Å². The van der Waals surface area contributed by atoms with E-state index in [4.69, 9.17) is 10.5 Å². The number of nitrogens with zero attached hydrogens (tertiary/aromatic N) is 1. The number of ether oxygens (including phenoxy) is 1. The molecule has 0 spiro atoms. The zero-order chi connectivity index (χ0) is 12.3. The maximum Gasteiger partial charge on any atom is 0.270 e. The Morgan fingerprint density at radius 1 is 1.59 bits per heavy atom. The number of carbonyl (C=O) groups is 1. The molecule has 0 atom stereocenters. The van der Waals surface area contributed by atoms with Crippen molar-refractivity contribution in [3.63, 3.8) is 0 Å². The van der Waals surface area contributed by atoms with E-state index in [1.54, 1.807) is 12.1 Å². The molecule has 0 bridgehead atoms. The fourth-order valence-corrected chi connectivity index (χ4v) is 1.85. The molecular formula is C12H17N3O2. The van der Waals surface area contributed by atoms with Crippen molar-refractivity contribution >= 4 is 11.6 Å². The second-order valence-corrected chi connectivity index (χ2v) is 4.20. The Balaban J connectivity index is 1.81. The van der Waals surface area contributed by atoms with Gasteiger partial charge in [-0.1, -0.05) is 0 Å². The van der Waals surface area contributed by atoms with E-state index in [1.165, 1.54) is 6.20 Å². The third-order valence-electron chi connectivity index (χ3n) is 2.85. The van der Waals surface area contributed by atoms with Crippen LogP contribution in [0.3, 0.4) is 0 Å². The summed E-state index contributed by atoms with van der Waals surface area (Å²) in [6.45, 7) is 2.70. The Bertz CT molecular complexity index is 385. The van der Waals surface area contributed by atoms with Gasteiger partial charge in [0, 0.05) is 12.6 Å². The van der Waals surface area contributed by atoms with Crippen LogP contribution in [0.4, 0.5) is 5.69 Å². The predicted molar refractivity (Wildman–Crippen MR) is 64.6 cm³/mol. The summed E-state index contributed by atoms with van der Waals surface area (Å²) in [6.07, 6.45) is 3.55. The fourth-order valence-electron chi connectivity index (χ4n) is 1.85. The number of amides is 1. The zero-order valence-corrected chi connectivity index (χ0v) is 9.85. The number of hydrogen-bond donors (Lipinski definition) is 2. The van der Waals surface area contributed by atoms with Gasteiger partial charge in [-0.2, -0.15) is 0 Å². The van der Waals surface area contributed by atoms with Gasteiger partial charge in [0.2, 0.25) is 0 Å². The van der Waals surface area contributed by atoms with Gasteiger partial charge in [-0.05, 0) is 31.9 Å². The van der Waals surface area contributed by atoms with Crippen LogP contribution < -0.4 is 11.1 Å². The van der Waals surface area contributed by atoms with Crippen LogP contribution in [0.25, 0.3) is 0 Å². The average Bonchev–Trinajstić information content (AvgIpc) is 2.27. The lowest BCUT2D eigenvalue weighted by atomic mass is 9.89. The van der Waals surface area contributed by atoms with Gasteiger partial charge in [0.1, 0.15) is 5.69 Å². The second kappa shape index (κ2) is 5.14. The lowest BCUT2D eigenvalue weighted by molar-refractivity contribution is -0.00866. The molecule has 5 nitrogen and oxygen atoms in total. The van der Waals surface area contributed by atoms with Crippen molar-refractivity contribution in [2.24, 2.45) is 0 Å². The summed E-state index contributed by atoms with van der Waals surface area (Å²) in [4.78, 5) is 15.7. The number of nitrogens with two attached hydrogens (primary N) is 1. The molecule has 0 unspecified atom stereocenters. The van der Waals surface area contributed by atoms with E-state index in [-0.39, 0.29) is 11.9 Å². The average molecular weight is 235 g/mol. The number of rotatable bonds is 4. The van der Waals surface area contributed by atoms with Gasteiger partial charge in [0.25, 0.3) is 5.91 Å². The Morgan fingerprint density at radius 2 is 2.35 bits per heavy atom. The number of pyridine rings is 1. The van der Waals surface area contributed by atoms with Crippen molar-refractivity contribution in [2.45, 2.75) is 31.9 Å². The van der Waals surface area contributed by atoms with Gasteiger partial charge < -0.3 is 15.8 Å². The predicted octanol–water partition coefficient (Wildman–Crippen LogP) is 0.961. The first-order valence-corrected chi connectivity index (χ1v) is 5.83. The summed E-state index contributed by atoms with van der Waals surface area (Å²) < 4.78 is 5.43. The fraction of sp³-hybridized carbons (Fsp3) is 0.500. The van der Waals surface area contributed by atoms with Crippen LogP contribution in [0.5, 0.6) is 0 Å². The second-order valence-electron chi connectivity index (χ2n) is 4.20. The van der Waals surface area contributed by atoms with E-state index in [9.17, 15) is 4.79 Å². The quantitative estimate of drug-likeness (QED) is 0.815. The topological polar surface area (TPSA) is 77.2 Å². The van der Waals surface area contributed by atoms with Crippen molar-refractivity contribution < 1.29 is 9.53 Å². The van der Waals surface area contributed by atoms with E-state index in [2.05, 4.69) is 10.3 Å². The summed E-state index contributed by atoms with van der Waals surface area (Å²) >= 11 is 0. The molecule has 0 saturated heterocycles. The normalized spacial score (nSPS) is 22.9. The minimum atomic E-state index is -0.148. The molecule has 0 radical (unpaired) electrons. The maximum atomic E-state index is 11.8. The SMILES string of the molecule is CCOC1CC(NC(=O)c2ccc(N)cn2)C1. The molecule has 92 valence electrons. The van der Waals surface area contributed by atoms with Gasteiger partial charge >= 0.3 is 0 Å². The number of carbonyl (C=O) groups excluding carboxylic acids is 1. The summed E-state index contributed by atoms with van der Waals surface area (Å²) in [6, 6.07) is 3.51. The maximum absolute atomic E-state index is 11.8. The lowest BCUT2D eigenvalue weighted by Crippen LogP contribution is -2.48. The molecule has 0 aliphatic heterocycles. The van der Waals surface area contributed by atoms with E-state index in [1.807, 2.05) is 6.92 Å². The molecule has 3 N–H and O–H groups in total. The molecule has 2 rings (SSSR count). The zero-order valence-electron chi connectivity index (χ0n) is 9.85. The van der Waals surface area contributed by atoms with E-state index >= 15 is 0 Å². The van der Waals surface area contributed by atoms with Crippen molar-refractivity contribution in [3.05, 3.63) is 24.0 Å². The Labute approximate surface area is 100 Å². The van der Waals surface area contributed by atoms with Crippen LogP contribution >= 0.6 is 0 Å². The first kappa shape index (κ1) is 11.9. The molecule has 1 heterocycles. The third kappa shape index (κ3) is 2.94. The standard InChI is InChI=1S/C12H17N3O2/c1-2-17-10-5-9(6-10)15-12(16)11-4-3-8(13)7-14-11/h3-4,7,9-10H,2,5-6,13H2,1H3,(H,15,16). The number of anilines is 1. The minimum absolute atomic E-state index is 0.148. The molecular weight excluding hydrogens is 218 g/mol. The molecule has 1 aromatic heterocycles. The van der Waals surface area contributed by atoms with Crippen LogP contribution in [0.15, 0.2) is 18.3 Å².